The highest BCUT2D eigenvalue weighted by Crippen LogP contribution is 2.22. The smallest absolute Gasteiger partial charge is 0.119 e. The van der Waals surface area contributed by atoms with Gasteiger partial charge in [-0.05, 0) is 24.3 Å². The van der Waals surface area contributed by atoms with Gasteiger partial charge in [0.25, 0.3) is 0 Å². The van der Waals surface area contributed by atoms with Crippen LogP contribution in [0.25, 0.3) is 0 Å². The molecule has 0 unspecified atom stereocenters. The van der Waals surface area contributed by atoms with Crippen molar-refractivity contribution in [2.75, 3.05) is 0 Å². The second-order valence-electron chi connectivity index (χ2n) is 3.72. The second-order valence-corrected chi connectivity index (χ2v) is 4.53. The zero-order valence-electron chi connectivity index (χ0n) is 10.0. The Morgan fingerprint density at radius 3 is 2.21 bits per heavy atom. The van der Waals surface area contributed by atoms with Crippen LogP contribution in [-0.4, -0.2) is 4.98 Å². The van der Waals surface area contributed by atoms with E-state index in [-0.39, 0.29) is 24.8 Å². The summed E-state index contributed by atoms with van der Waals surface area (Å²) in [6.45, 7) is 1.58. The van der Waals surface area contributed by atoms with Crippen molar-refractivity contribution in [1.82, 2.24) is 4.98 Å². The van der Waals surface area contributed by atoms with E-state index in [2.05, 4.69) is 10.3 Å². The Labute approximate surface area is 135 Å². The summed E-state index contributed by atoms with van der Waals surface area (Å²) in [6.07, 6.45) is 1.80. The first kappa shape index (κ1) is 18.5. The first-order chi connectivity index (χ1) is 8.27. The van der Waals surface area contributed by atoms with E-state index < -0.39 is 0 Å². The van der Waals surface area contributed by atoms with Gasteiger partial charge in [0.05, 0.1) is 15.7 Å². The summed E-state index contributed by atoms with van der Waals surface area (Å²) in [5.41, 5.74) is 2.03. The lowest BCUT2D eigenvalue weighted by Crippen LogP contribution is -3.00. The Kier molecular flexibility index (Phi) is 9.15. The molecular weight excluding hydrogens is 326 g/mol. The van der Waals surface area contributed by atoms with Gasteiger partial charge in [-0.15, -0.1) is 12.4 Å². The van der Waals surface area contributed by atoms with Gasteiger partial charge in [0, 0.05) is 11.8 Å². The molecule has 0 saturated carbocycles. The predicted molar refractivity (Wildman–Crippen MR) is 77.3 cm³/mol. The standard InChI is InChI=1S/C13H12Cl2N2.2ClH/c14-12-5-3-6-13(15)11(12)9-16-8-10-4-1-2-7-17-10;;/h1-7,16H,8-9H2;2*1H. The van der Waals surface area contributed by atoms with Crippen molar-refractivity contribution in [3.05, 3.63) is 63.9 Å². The highest BCUT2D eigenvalue weighted by Gasteiger charge is 2.07. The molecule has 0 aliphatic rings. The van der Waals surface area contributed by atoms with Crippen LogP contribution in [0.3, 0.4) is 0 Å². The van der Waals surface area contributed by atoms with Gasteiger partial charge in [-0.3, -0.25) is 4.98 Å². The Bertz CT molecular complexity index is 471. The zero-order chi connectivity index (χ0) is 12.1. The van der Waals surface area contributed by atoms with Crippen LogP contribution < -0.4 is 17.7 Å². The minimum absolute atomic E-state index is 0. The maximum atomic E-state index is 6.09. The van der Waals surface area contributed by atoms with Crippen molar-refractivity contribution in [3.8, 4) is 0 Å². The normalized spacial score (nSPS) is 9.37. The molecule has 2 nitrogen and oxygen atoms in total. The van der Waals surface area contributed by atoms with E-state index in [1.165, 1.54) is 0 Å². The molecule has 1 heterocycles. The molecule has 0 saturated heterocycles. The van der Waals surface area contributed by atoms with Gasteiger partial charge in [-0.25, -0.2) is 0 Å². The monoisotopic (exact) mass is 338 g/mol. The SMILES string of the molecule is Cl.Clc1cccc(Cl)c1C[NH2+]Cc1ccccn1.[Cl-]. The van der Waals surface area contributed by atoms with E-state index in [4.69, 9.17) is 23.2 Å². The number of nitrogens with two attached hydrogens (primary N) is 1. The first-order valence-corrected chi connectivity index (χ1v) is 6.17. The number of hydrogen-bond acceptors (Lipinski definition) is 1. The third-order valence-corrected chi connectivity index (χ3v) is 3.20. The molecule has 104 valence electrons. The van der Waals surface area contributed by atoms with Gasteiger partial charge >= 0.3 is 0 Å². The van der Waals surface area contributed by atoms with Crippen LogP contribution in [0.5, 0.6) is 0 Å². The van der Waals surface area contributed by atoms with Gasteiger partial charge < -0.3 is 17.7 Å². The number of nitrogens with zero attached hydrogens (tertiary/aromatic N) is 1. The fourth-order valence-corrected chi connectivity index (χ4v) is 2.16. The largest absolute Gasteiger partial charge is 1.00 e. The van der Waals surface area contributed by atoms with Crippen molar-refractivity contribution in [2.24, 2.45) is 0 Å². The van der Waals surface area contributed by atoms with Crippen LogP contribution in [0.2, 0.25) is 10.0 Å². The summed E-state index contributed by atoms with van der Waals surface area (Å²) < 4.78 is 0. The molecule has 0 atom stereocenters. The number of halogens is 4. The van der Waals surface area contributed by atoms with Crippen LogP contribution in [0.15, 0.2) is 42.6 Å². The maximum absolute atomic E-state index is 6.09. The topological polar surface area (TPSA) is 29.5 Å². The number of rotatable bonds is 4. The minimum atomic E-state index is 0. The van der Waals surface area contributed by atoms with E-state index in [1.54, 1.807) is 6.20 Å². The molecule has 0 bridgehead atoms. The molecule has 19 heavy (non-hydrogen) atoms. The first-order valence-electron chi connectivity index (χ1n) is 5.42. The van der Waals surface area contributed by atoms with E-state index in [1.807, 2.05) is 36.4 Å². The fraction of sp³-hybridized carbons (Fsp3) is 0.154. The van der Waals surface area contributed by atoms with E-state index in [0.717, 1.165) is 34.4 Å². The molecule has 2 aromatic rings. The van der Waals surface area contributed by atoms with E-state index in [0.29, 0.717) is 0 Å². The molecule has 0 radical (unpaired) electrons. The van der Waals surface area contributed by atoms with Crippen molar-refractivity contribution < 1.29 is 17.7 Å². The van der Waals surface area contributed by atoms with Crippen molar-refractivity contribution in [1.29, 1.82) is 0 Å². The summed E-state index contributed by atoms with van der Waals surface area (Å²) in [4.78, 5) is 4.26. The summed E-state index contributed by atoms with van der Waals surface area (Å²) in [7, 11) is 0. The maximum Gasteiger partial charge on any atom is 0.119 e. The lowest BCUT2D eigenvalue weighted by molar-refractivity contribution is -0.686. The average Bonchev–Trinajstić information content (AvgIpc) is 2.34. The Morgan fingerprint density at radius 2 is 1.63 bits per heavy atom. The Morgan fingerprint density at radius 1 is 0.947 bits per heavy atom. The van der Waals surface area contributed by atoms with E-state index >= 15 is 0 Å². The molecule has 0 aliphatic carbocycles. The number of aromatic nitrogens is 1. The molecule has 6 heteroatoms. The molecule has 1 aromatic heterocycles. The molecule has 2 rings (SSSR count). The summed E-state index contributed by atoms with van der Waals surface area (Å²) in [5.74, 6) is 0. The van der Waals surface area contributed by atoms with Crippen LogP contribution in [-0.2, 0) is 13.1 Å². The summed E-state index contributed by atoms with van der Waals surface area (Å²) in [5, 5.41) is 3.57. The van der Waals surface area contributed by atoms with Crippen molar-refractivity contribution >= 4 is 35.6 Å². The molecule has 2 N–H and O–H groups in total. The summed E-state index contributed by atoms with van der Waals surface area (Å²) >= 11 is 12.2. The van der Waals surface area contributed by atoms with Gasteiger partial charge in [0.15, 0.2) is 0 Å². The minimum Gasteiger partial charge on any atom is -1.00 e. The van der Waals surface area contributed by atoms with Crippen molar-refractivity contribution in [2.45, 2.75) is 13.1 Å². The van der Waals surface area contributed by atoms with Gasteiger partial charge in [-0.1, -0.05) is 35.3 Å². The number of hydrogen-bond donors (Lipinski definition) is 1. The Hall–Kier alpha value is -0.510. The van der Waals surface area contributed by atoms with Crippen LogP contribution >= 0.6 is 35.6 Å². The molecular formula is C13H14Cl4N2. The lowest BCUT2D eigenvalue weighted by Gasteiger charge is -2.05. The lowest BCUT2D eigenvalue weighted by atomic mass is 10.2. The highest BCUT2D eigenvalue weighted by atomic mass is 35.5. The quantitative estimate of drug-likeness (QED) is 0.839. The number of benzene rings is 1. The third kappa shape index (κ3) is 5.55. The zero-order valence-corrected chi connectivity index (χ0v) is 13.1. The molecule has 0 amide bonds. The Balaban J connectivity index is 0.00000162. The fourth-order valence-electron chi connectivity index (χ4n) is 1.61. The molecule has 0 spiro atoms. The van der Waals surface area contributed by atoms with Crippen LogP contribution in [0, 0.1) is 0 Å². The molecule has 0 fully saturated rings. The second kappa shape index (κ2) is 9.40. The van der Waals surface area contributed by atoms with Crippen molar-refractivity contribution in [3.63, 3.8) is 0 Å². The molecule has 0 aliphatic heterocycles. The van der Waals surface area contributed by atoms with Gasteiger partial charge in [0.1, 0.15) is 13.1 Å². The number of pyridine rings is 1. The predicted octanol–water partition coefficient (Wildman–Crippen LogP) is 0.0778. The van der Waals surface area contributed by atoms with Gasteiger partial charge in [0.2, 0.25) is 0 Å². The number of quaternary nitrogens is 1. The van der Waals surface area contributed by atoms with Crippen LogP contribution in [0.1, 0.15) is 11.3 Å². The third-order valence-electron chi connectivity index (χ3n) is 2.49. The van der Waals surface area contributed by atoms with E-state index in [9.17, 15) is 0 Å². The highest BCUT2D eigenvalue weighted by molar-refractivity contribution is 6.35. The van der Waals surface area contributed by atoms with Crippen LogP contribution in [0.4, 0.5) is 0 Å². The average molecular weight is 340 g/mol. The molecule has 1 aromatic carbocycles. The van der Waals surface area contributed by atoms with Gasteiger partial charge in [-0.2, -0.15) is 0 Å². The summed E-state index contributed by atoms with van der Waals surface area (Å²) in [6, 6.07) is 11.5.